The minimum Gasteiger partial charge on any atom is -0.481 e. The zero-order chi connectivity index (χ0) is 20.4. The van der Waals surface area contributed by atoms with E-state index in [-0.39, 0.29) is 0 Å². The second kappa shape index (κ2) is 7.27. The fourth-order valence-electron chi connectivity index (χ4n) is 4.99. The van der Waals surface area contributed by atoms with Crippen molar-refractivity contribution in [3.05, 3.63) is 108 Å². The fourth-order valence-corrected chi connectivity index (χ4v) is 4.99. The lowest BCUT2D eigenvalue weighted by molar-refractivity contribution is -0.150. The molecule has 144 valence electrons. The molecule has 0 aliphatic heterocycles. The van der Waals surface area contributed by atoms with Crippen LogP contribution in [0, 0.1) is 0 Å². The van der Waals surface area contributed by atoms with Gasteiger partial charge in [0.2, 0.25) is 0 Å². The van der Waals surface area contributed by atoms with Gasteiger partial charge in [0.05, 0.1) is 0 Å². The first-order valence-corrected chi connectivity index (χ1v) is 9.66. The molecule has 0 aliphatic carbocycles. The SMILES string of the molecule is CC(C)(c1ccccc1)C(C(=O)O)(c1ccccc1)C(C)(C)c1ccccc1. The van der Waals surface area contributed by atoms with Crippen molar-refractivity contribution in [1.82, 2.24) is 0 Å². The third kappa shape index (κ3) is 2.84. The maximum atomic E-state index is 13.3. The topological polar surface area (TPSA) is 37.3 Å². The first-order valence-electron chi connectivity index (χ1n) is 9.66. The molecule has 0 amide bonds. The molecule has 0 heterocycles. The first-order chi connectivity index (χ1) is 13.3. The van der Waals surface area contributed by atoms with E-state index in [0.717, 1.165) is 16.7 Å². The summed E-state index contributed by atoms with van der Waals surface area (Å²) in [5, 5.41) is 10.9. The summed E-state index contributed by atoms with van der Waals surface area (Å²) >= 11 is 0. The summed E-state index contributed by atoms with van der Waals surface area (Å²) < 4.78 is 0. The Morgan fingerprint density at radius 2 is 0.857 bits per heavy atom. The number of hydrogen-bond donors (Lipinski definition) is 1. The van der Waals surface area contributed by atoms with Crippen molar-refractivity contribution in [2.45, 2.75) is 43.9 Å². The van der Waals surface area contributed by atoms with Crippen molar-refractivity contribution >= 4 is 5.97 Å². The number of hydrogen-bond acceptors (Lipinski definition) is 1. The van der Waals surface area contributed by atoms with E-state index in [1.165, 1.54) is 0 Å². The molecule has 3 rings (SSSR count). The fraction of sp³-hybridized carbons (Fsp3) is 0.269. The molecule has 0 saturated heterocycles. The Morgan fingerprint density at radius 3 is 1.14 bits per heavy atom. The third-order valence-corrected chi connectivity index (χ3v) is 6.39. The molecule has 1 N–H and O–H groups in total. The predicted octanol–water partition coefficient (Wildman–Crippen LogP) is 5.96. The van der Waals surface area contributed by atoms with Gasteiger partial charge in [0.15, 0.2) is 0 Å². The van der Waals surface area contributed by atoms with Crippen LogP contribution in [-0.4, -0.2) is 11.1 Å². The molecule has 0 saturated carbocycles. The Morgan fingerprint density at radius 1 is 0.571 bits per heavy atom. The standard InChI is InChI=1S/C26H28O2/c1-24(2,20-14-8-5-9-15-20)26(23(27)28,22-18-12-7-13-19-22)25(3,4)21-16-10-6-11-17-21/h5-19H,1-4H3,(H,27,28). The minimum absolute atomic E-state index is 0.680. The average Bonchev–Trinajstić information content (AvgIpc) is 2.70. The molecule has 0 atom stereocenters. The average molecular weight is 373 g/mol. The lowest BCUT2D eigenvalue weighted by Crippen LogP contribution is -2.62. The summed E-state index contributed by atoms with van der Waals surface area (Å²) in [6.07, 6.45) is 0. The highest BCUT2D eigenvalue weighted by Crippen LogP contribution is 2.55. The third-order valence-electron chi connectivity index (χ3n) is 6.39. The summed E-state index contributed by atoms with van der Waals surface area (Å²) in [7, 11) is 0. The van der Waals surface area contributed by atoms with E-state index < -0.39 is 22.2 Å². The van der Waals surface area contributed by atoms with Crippen LogP contribution in [0.3, 0.4) is 0 Å². The molecule has 0 aromatic heterocycles. The highest BCUT2D eigenvalue weighted by atomic mass is 16.4. The van der Waals surface area contributed by atoms with Gasteiger partial charge in [0.1, 0.15) is 5.41 Å². The van der Waals surface area contributed by atoms with Crippen molar-refractivity contribution in [3.8, 4) is 0 Å². The van der Waals surface area contributed by atoms with Gasteiger partial charge in [-0.2, -0.15) is 0 Å². The smallest absolute Gasteiger partial charge is 0.315 e. The number of benzene rings is 3. The minimum atomic E-state index is -1.19. The van der Waals surface area contributed by atoms with Gasteiger partial charge in [-0.1, -0.05) is 119 Å². The van der Waals surface area contributed by atoms with Crippen LogP contribution in [0.15, 0.2) is 91.0 Å². The van der Waals surface area contributed by atoms with Gasteiger partial charge in [-0.15, -0.1) is 0 Å². The molecule has 0 fully saturated rings. The summed E-state index contributed by atoms with van der Waals surface area (Å²) in [5.41, 5.74) is 0.270. The van der Waals surface area contributed by atoms with Crippen molar-refractivity contribution in [2.24, 2.45) is 0 Å². The lowest BCUT2D eigenvalue weighted by Gasteiger charge is -2.54. The molecule has 0 bridgehead atoms. The van der Waals surface area contributed by atoms with Crippen LogP contribution < -0.4 is 0 Å². The molecule has 2 heteroatoms. The molecule has 28 heavy (non-hydrogen) atoms. The van der Waals surface area contributed by atoms with E-state index in [4.69, 9.17) is 0 Å². The van der Waals surface area contributed by atoms with Gasteiger partial charge < -0.3 is 5.11 Å². The molecular formula is C26H28O2. The second-order valence-electron chi connectivity index (χ2n) is 8.40. The molecule has 3 aromatic rings. The number of carboxylic acids is 1. The number of aliphatic carboxylic acids is 1. The van der Waals surface area contributed by atoms with E-state index in [1.807, 2.05) is 119 Å². The molecule has 0 unspecified atom stereocenters. The zero-order valence-electron chi connectivity index (χ0n) is 17.0. The predicted molar refractivity (Wildman–Crippen MR) is 115 cm³/mol. The Labute approximate surface area is 167 Å². The van der Waals surface area contributed by atoms with Gasteiger partial charge in [-0.3, -0.25) is 4.79 Å². The highest BCUT2D eigenvalue weighted by Gasteiger charge is 2.62. The quantitative estimate of drug-likeness (QED) is 0.579. The van der Waals surface area contributed by atoms with Gasteiger partial charge in [-0.05, 0) is 16.7 Å². The zero-order valence-corrected chi connectivity index (χ0v) is 17.0. The van der Waals surface area contributed by atoms with Crippen LogP contribution in [0.2, 0.25) is 0 Å². The van der Waals surface area contributed by atoms with Crippen LogP contribution in [-0.2, 0) is 21.0 Å². The summed E-state index contributed by atoms with van der Waals surface area (Å²) in [4.78, 5) is 13.3. The first kappa shape index (κ1) is 19.9. The van der Waals surface area contributed by atoms with E-state index in [9.17, 15) is 9.90 Å². The molecule has 0 radical (unpaired) electrons. The van der Waals surface area contributed by atoms with Crippen molar-refractivity contribution in [3.63, 3.8) is 0 Å². The van der Waals surface area contributed by atoms with Gasteiger partial charge >= 0.3 is 5.97 Å². The number of rotatable bonds is 6. The maximum absolute atomic E-state index is 13.3. The second-order valence-corrected chi connectivity index (χ2v) is 8.40. The van der Waals surface area contributed by atoms with Crippen molar-refractivity contribution in [1.29, 1.82) is 0 Å². The highest BCUT2D eigenvalue weighted by molar-refractivity contribution is 5.87. The van der Waals surface area contributed by atoms with E-state index >= 15 is 0 Å². The largest absolute Gasteiger partial charge is 0.481 e. The lowest BCUT2D eigenvalue weighted by atomic mass is 9.47. The van der Waals surface area contributed by atoms with E-state index in [2.05, 4.69) is 0 Å². The Hall–Kier alpha value is -2.87. The Kier molecular flexibility index (Phi) is 5.16. The van der Waals surface area contributed by atoms with Crippen LogP contribution in [0.1, 0.15) is 44.4 Å². The van der Waals surface area contributed by atoms with Crippen LogP contribution >= 0.6 is 0 Å². The maximum Gasteiger partial charge on any atom is 0.315 e. The van der Waals surface area contributed by atoms with Gasteiger partial charge in [0.25, 0.3) is 0 Å². The van der Waals surface area contributed by atoms with Crippen LogP contribution in [0.5, 0.6) is 0 Å². The Bertz CT molecular complexity index is 874. The number of carbonyl (C=O) groups is 1. The van der Waals surface area contributed by atoms with Gasteiger partial charge in [0, 0.05) is 10.8 Å². The Balaban J connectivity index is 2.42. The van der Waals surface area contributed by atoms with Gasteiger partial charge in [-0.25, -0.2) is 0 Å². The molecular weight excluding hydrogens is 344 g/mol. The van der Waals surface area contributed by atoms with Crippen molar-refractivity contribution in [2.75, 3.05) is 0 Å². The monoisotopic (exact) mass is 372 g/mol. The van der Waals surface area contributed by atoms with Crippen LogP contribution in [0.25, 0.3) is 0 Å². The van der Waals surface area contributed by atoms with Crippen LogP contribution in [0.4, 0.5) is 0 Å². The summed E-state index contributed by atoms with van der Waals surface area (Å²) in [5.74, 6) is -0.818. The molecule has 0 aliphatic rings. The molecule has 2 nitrogen and oxygen atoms in total. The van der Waals surface area contributed by atoms with Crippen molar-refractivity contribution < 1.29 is 9.90 Å². The van der Waals surface area contributed by atoms with E-state index in [0.29, 0.717) is 0 Å². The summed E-state index contributed by atoms with van der Waals surface area (Å²) in [6.45, 7) is 8.20. The number of carboxylic acid groups (broad SMARTS) is 1. The van der Waals surface area contributed by atoms with E-state index in [1.54, 1.807) is 0 Å². The normalized spacial score (nSPS) is 12.6. The molecule has 0 spiro atoms. The molecule has 3 aromatic carbocycles. The summed E-state index contributed by atoms with van der Waals surface area (Å²) in [6, 6.07) is 29.6.